The molecule has 0 spiro atoms. The summed E-state index contributed by atoms with van der Waals surface area (Å²) in [5.41, 5.74) is 11.0. The van der Waals surface area contributed by atoms with Crippen molar-refractivity contribution in [3.63, 3.8) is 0 Å². The number of hydrogen-bond acceptors (Lipinski definition) is 3. The number of anilines is 1. The van der Waals surface area contributed by atoms with E-state index in [2.05, 4.69) is 35.4 Å². The normalized spacial score (nSPS) is 11.4. The van der Waals surface area contributed by atoms with E-state index in [4.69, 9.17) is 10.7 Å². The Morgan fingerprint density at radius 2 is 1.91 bits per heavy atom. The molecule has 4 nitrogen and oxygen atoms in total. The van der Waals surface area contributed by atoms with Crippen LogP contribution in [0, 0.1) is 0 Å². The fraction of sp³-hybridized carbons (Fsp3) is 0.278. The lowest BCUT2D eigenvalue weighted by atomic mass is 10.1. The lowest BCUT2D eigenvalue weighted by molar-refractivity contribution is 0.292. The number of benzene rings is 1. The predicted molar refractivity (Wildman–Crippen MR) is 91.7 cm³/mol. The number of imidazole rings is 1. The molecule has 0 radical (unpaired) electrons. The summed E-state index contributed by atoms with van der Waals surface area (Å²) in [5.74, 6) is 0. The maximum Gasteiger partial charge on any atom is 0.137 e. The summed E-state index contributed by atoms with van der Waals surface area (Å²) in [7, 11) is 0. The van der Waals surface area contributed by atoms with Crippen molar-refractivity contribution in [3.8, 4) is 11.3 Å². The highest BCUT2D eigenvalue weighted by Gasteiger charge is 2.15. The topological polar surface area (TPSA) is 46.6 Å². The van der Waals surface area contributed by atoms with Crippen LogP contribution in [0.25, 0.3) is 16.9 Å². The molecule has 2 N–H and O–H groups in total. The molecule has 0 aliphatic heterocycles. The van der Waals surface area contributed by atoms with Crippen LogP contribution in [-0.2, 0) is 6.54 Å². The summed E-state index contributed by atoms with van der Waals surface area (Å²) in [6, 6.07) is 14.1. The van der Waals surface area contributed by atoms with Crippen molar-refractivity contribution < 1.29 is 0 Å². The fourth-order valence-electron chi connectivity index (χ4n) is 2.77. The summed E-state index contributed by atoms with van der Waals surface area (Å²) < 4.78 is 2.18. The molecule has 0 saturated carbocycles. The Balaban J connectivity index is 2.16. The number of aromatic nitrogens is 2. The maximum absolute atomic E-state index is 5.95. The van der Waals surface area contributed by atoms with Crippen molar-refractivity contribution in [2.45, 2.75) is 20.4 Å². The molecule has 114 valence electrons. The number of nitrogens with two attached hydrogens (primary N) is 1. The Labute approximate surface area is 131 Å². The van der Waals surface area contributed by atoms with Gasteiger partial charge in [0.15, 0.2) is 0 Å². The predicted octanol–water partition coefficient (Wildman–Crippen LogP) is 3.43. The second-order valence-electron chi connectivity index (χ2n) is 5.42. The van der Waals surface area contributed by atoms with E-state index in [1.807, 2.05) is 36.4 Å². The molecule has 0 fully saturated rings. The Morgan fingerprint density at radius 3 is 2.64 bits per heavy atom. The molecule has 3 rings (SSSR count). The van der Waals surface area contributed by atoms with Gasteiger partial charge in [0.2, 0.25) is 0 Å². The second kappa shape index (κ2) is 6.20. The van der Waals surface area contributed by atoms with E-state index in [1.54, 1.807) is 0 Å². The van der Waals surface area contributed by atoms with E-state index >= 15 is 0 Å². The van der Waals surface area contributed by atoms with E-state index in [1.165, 1.54) is 5.69 Å². The van der Waals surface area contributed by atoms with Gasteiger partial charge in [0.05, 0.1) is 11.4 Å². The van der Waals surface area contributed by atoms with Crippen molar-refractivity contribution >= 4 is 11.3 Å². The fourth-order valence-corrected chi connectivity index (χ4v) is 2.77. The highest BCUT2D eigenvalue weighted by Crippen LogP contribution is 2.27. The van der Waals surface area contributed by atoms with Crippen LogP contribution in [0.4, 0.5) is 5.69 Å². The molecule has 0 amide bonds. The molecule has 4 heteroatoms. The van der Waals surface area contributed by atoms with Crippen LogP contribution in [0.1, 0.15) is 19.5 Å². The van der Waals surface area contributed by atoms with E-state index in [9.17, 15) is 0 Å². The van der Waals surface area contributed by atoms with Gasteiger partial charge in [-0.1, -0.05) is 32.0 Å². The average Bonchev–Trinajstić information content (AvgIpc) is 2.91. The summed E-state index contributed by atoms with van der Waals surface area (Å²) >= 11 is 0. The van der Waals surface area contributed by atoms with Crippen LogP contribution in [0.2, 0.25) is 0 Å². The third kappa shape index (κ3) is 2.70. The number of nitrogen functional groups attached to an aromatic ring is 1. The van der Waals surface area contributed by atoms with Crippen LogP contribution in [0.5, 0.6) is 0 Å². The van der Waals surface area contributed by atoms with Crippen molar-refractivity contribution in [1.29, 1.82) is 0 Å². The van der Waals surface area contributed by atoms with Crippen LogP contribution in [0.3, 0.4) is 0 Å². The number of nitrogens with zero attached hydrogens (tertiary/aromatic N) is 3. The third-order valence-corrected chi connectivity index (χ3v) is 4.06. The molecule has 0 unspecified atom stereocenters. The van der Waals surface area contributed by atoms with Crippen molar-refractivity contribution in [3.05, 3.63) is 54.4 Å². The number of pyridine rings is 1. The summed E-state index contributed by atoms with van der Waals surface area (Å²) in [6.45, 7) is 7.29. The first-order valence-corrected chi connectivity index (χ1v) is 7.77. The van der Waals surface area contributed by atoms with Gasteiger partial charge in [-0.3, -0.25) is 4.90 Å². The Hall–Kier alpha value is -2.33. The zero-order chi connectivity index (χ0) is 15.5. The molecule has 3 aromatic rings. The van der Waals surface area contributed by atoms with Gasteiger partial charge in [-0.05, 0) is 37.4 Å². The van der Waals surface area contributed by atoms with Gasteiger partial charge in [-0.25, -0.2) is 4.98 Å². The Bertz CT molecular complexity index is 772. The Morgan fingerprint density at radius 1 is 1.09 bits per heavy atom. The number of hydrogen-bond donors (Lipinski definition) is 1. The average molecular weight is 294 g/mol. The molecule has 1 aromatic carbocycles. The van der Waals surface area contributed by atoms with Crippen LogP contribution in [0.15, 0.2) is 48.7 Å². The number of fused-ring (bicyclic) bond motifs is 1. The van der Waals surface area contributed by atoms with Crippen LogP contribution >= 0.6 is 0 Å². The minimum Gasteiger partial charge on any atom is -0.399 e. The van der Waals surface area contributed by atoms with Gasteiger partial charge in [0.25, 0.3) is 0 Å². The van der Waals surface area contributed by atoms with E-state index in [0.29, 0.717) is 0 Å². The van der Waals surface area contributed by atoms with E-state index in [0.717, 1.165) is 42.2 Å². The van der Waals surface area contributed by atoms with E-state index < -0.39 is 0 Å². The molecule has 0 saturated heterocycles. The van der Waals surface area contributed by atoms with Gasteiger partial charge in [-0.2, -0.15) is 0 Å². The standard InChI is InChI=1S/C18H22N4/c1-3-21(4-2)13-16-18(14-8-7-9-15(19)12-14)20-17-10-5-6-11-22(16)17/h5-12H,3-4,13,19H2,1-2H3. The first kappa shape index (κ1) is 14.6. The molecule has 0 atom stereocenters. The SMILES string of the molecule is CCN(CC)Cc1c(-c2cccc(N)c2)nc2ccccn12. The molecule has 2 heterocycles. The monoisotopic (exact) mass is 294 g/mol. The zero-order valence-corrected chi connectivity index (χ0v) is 13.2. The number of rotatable bonds is 5. The molecule has 22 heavy (non-hydrogen) atoms. The largest absolute Gasteiger partial charge is 0.399 e. The molecular formula is C18H22N4. The molecule has 2 aromatic heterocycles. The van der Waals surface area contributed by atoms with Gasteiger partial charge in [0.1, 0.15) is 5.65 Å². The van der Waals surface area contributed by atoms with Crippen molar-refractivity contribution in [1.82, 2.24) is 14.3 Å². The third-order valence-electron chi connectivity index (χ3n) is 4.06. The maximum atomic E-state index is 5.95. The lowest BCUT2D eigenvalue weighted by Crippen LogP contribution is -2.23. The van der Waals surface area contributed by atoms with Crippen LogP contribution < -0.4 is 5.73 Å². The molecule has 0 bridgehead atoms. The summed E-state index contributed by atoms with van der Waals surface area (Å²) in [6.07, 6.45) is 2.08. The first-order chi connectivity index (χ1) is 10.7. The smallest absolute Gasteiger partial charge is 0.137 e. The van der Waals surface area contributed by atoms with Gasteiger partial charge in [0, 0.05) is 24.0 Å². The summed E-state index contributed by atoms with van der Waals surface area (Å²) in [4.78, 5) is 7.22. The molecule has 0 aliphatic carbocycles. The minimum atomic E-state index is 0.767. The zero-order valence-electron chi connectivity index (χ0n) is 13.2. The van der Waals surface area contributed by atoms with Crippen molar-refractivity contribution in [2.24, 2.45) is 0 Å². The second-order valence-corrected chi connectivity index (χ2v) is 5.42. The summed E-state index contributed by atoms with van der Waals surface area (Å²) in [5, 5.41) is 0. The van der Waals surface area contributed by atoms with Crippen LogP contribution in [-0.4, -0.2) is 27.4 Å². The molecular weight excluding hydrogens is 272 g/mol. The first-order valence-electron chi connectivity index (χ1n) is 7.77. The minimum absolute atomic E-state index is 0.767. The highest BCUT2D eigenvalue weighted by atomic mass is 15.1. The van der Waals surface area contributed by atoms with Gasteiger partial charge >= 0.3 is 0 Å². The van der Waals surface area contributed by atoms with Gasteiger partial charge in [-0.15, -0.1) is 0 Å². The lowest BCUT2D eigenvalue weighted by Gasteiger charge is -2.18. The Kier molecular flexibility index (Phi) is 4.11. The van der Waals surface area contributed by atoms with Crippen molar-refractivity contribution in [2.75, 3.05) is 18.8 Å². The quantitative estimate of drug-likeness (QED) is 0.733. The highest BCUT2D eigenvalue weighted by molar-refractivity contribution is 5.69. The molecule has 0 aliphatic rings. The van der Waals surface area contributed by atoms with Gasteiger partial charge < -0.3 is 10.1 Å². The van der Waals surface area contributed by atoms with E-state index in [-0.39, 0.29) is 0 Å².